The summed E-state index contributed by atoms with van der Waals surface area (Å²) in [6.07, 6.45) is 4.96. The van der Waals surface area contributed by atoms with Gasteiger partial charge in [0.15, 0.2) is 0 Å². The van der Waals surface area contributed by atoms with Crippen LogP contribution in [0.15, 0.2) is 18.2 Å². The number of hydrogen-bond acceptors (Lipinski definition) is 3. The Balaban J connectivity index is 2.02. The van der Waals surface area contributed by atoms with Gasteiger partial charge in [0.1, 0.15) is 5.75 Å². The van der Waals surface area contributed by atoms with Crippen LogP contribution in [0, 0.1) is 5.92 Å². The Labute approximate surface area is 138 Å². The maximum Gasteiger partial charge on any atom is 0.122 e. The summed E-state index contributed by atoms with van der Waals surface area (Å²) in [6.45, 7) is 3.19. The zero-order chi connectivity index (χ0) is 15.1. The highest BCUT2D eigenvalue weighted by atomic mass is 35.5. The molecule has 0 bridgehead atoms. The van der Waals surface area contributed by atoms with E-state index in [0.29, 0.717) is 6.04 Å². The summed E-state index contributed by atoms with van der Waals surface area (Å²) in [5.41, 5.74) is 1.21. The molecule has 0 aromatic heterocycles. The Bertz CT molecular complexity index is 435. The van der Waals surface area contributed by atoms with Gasteiger partial charge in [0, 0.05) is 11.1 Å². The van der Waals surface area contributed by atoms with Gasteiger partial charge in [-0.1, -0.05) is 18.5 Å². The number of hydrogen-bond donors (Lipinski definition) is 1. The maximum absolute atomic E-state index is 6.15. The van der Waals surface area contributed by atoms with Crippen LogP contribution < -0.4 is 10.1 Å². The van der Waals surface area contributed by atoms with E-state index in [1.54, 1.807) is 7.11 Å². The number of ether oxygens (including phenoxy) is 1. The van der Waals surface area contributed by atoms with Crippen LogP contribution in [0.1, 0.15) is 31.7 Å². The first-order chi connectivity index (χ1) is 10.2. The van der Waals surface area contributed by atoms with Gasteiger partial charge >= 0.3 is 0 Å². The zero-order valence-electron chi connectivity index (χ0n) is 13.0. The minimum absolute atomic E-state index is 0.510. The van der Waals surface area contributed by atoms with Crippen molar-refractivity contribution in [3.8, 4) is 5.75 Å². The number of halogens is 1. The zero-order valence-corrected chi connectivity index (χ0v) is 14.6. The van der Waals surface area contributed by atoms with E-state index in [2.05, 4.69) is 24.0 Å². The van der Waals surface area contributed by atoms with Crippen LogP contribution in [-0.2, 0) is 6.42 Å². The van der Waals surface area contributed by atoms with E-state index in [-0.39, 0.29) is 0 Å². The molecule has 4 heteroatoms. The smallest absolute Gasteiger partial charge is 0.122 e. The normalized spacial score (nSPS) is 17.7. The van der Waals surface area contributed by atoms with Crippen molar-refractivity contribution in [2.75, 3.05) is 25.2 Å². The molecule has 1 unspecified atom stereocenters. The summed E-state index contributed by atoms with van der Waals surface area (Å²) >= 11 is 8.24. The fourth-order valence-electron chi connectivity index (χ4n) is 3.08. The summed E-state index contributed by atoms with van der Waals surface area (Å²) in [5, 5.41) is 4.43. The van der Waals surface area contributed by atoms with Crippen LogP contribution in [0.3, 0.4) is 0 Å². The van der Waals surface area contributed by atoms with Crippen LogP contribution in [0.4, 0.5) is 0 Å². The molecule has 1 aliphatic rings. The first-order valence-electron chi connectivity index (χ1n) is 7.86. The molecule has 1 aromatic rings. The van der Waals surface area contributed by atoms with Crippen molar-refractivity contribution < 1.29 is 4.74 Å². The molecule has 1 aromatic carbocycles. The summed E-state index contributed by atoms with van der Waals surface area (Å²) in [4.78, 5) is 0. The Morgan fingerprint density at radius 2 is 2.14 bits per heavy atom. The fraction of sp³-hybridized carbons (Fsp3) is 0.647. The molecule has 1 N–H and O–H groups in total. The molecule has 0 saturated carbocycles. The molecular weight excluding hydrogens is 302 g/mol. The predicted molar refractivity (Wildman–Crippen MR) is 93.8 cm³/mol. The molecule has 0 aliphatic carbocycles. The van der Waals surface area contributed by atoms with E-state index < -0.39 is 0 Å². The average molecular weight is 328 g/mol. The van der Waals surface area contributed by atoms with E-state index >= 15 is 0 Å². The van der Waals surface area contributed by atoms with Gasteiger partial charge < -0.3 is 10.1 Å². The van der Waals surface area contributed by atoms with Crippen molar-refractivity contribution in [1.82, 2.24) is 5.32 Å². The van der Waals surface area contributed by atoms with Gasteiger partial charge in [-0.3, -0.25) is 0 Å². The average Bonchev–Trinajstić information content (AvgIpc) is 2.49. The number of thioether (sulfide) groups is 1. The summed E-state index contributed by atoms with van der Waals surface area (Å²) < 4.78 is 5.48. The minimum Gasteiger partial charge on any atom is -0.496 e. The number of likely N-dealkylation sites (N-methyl/N-ethyl adjacent to an activating group) is 1. The lowest BCUT2D eigenvalue weighted by atomic mass is 9.91. The van der Waals surface area contributed by atoms with Crippen molar-refractivity contribution in [3.63, 3.8) is 0 Å². The highest BCUT2D eigenvalue weighted by Crippen LogP contribution is 2.29. The molecule has 1 atom stereocenters. The standard InChI is InChI=1S/C17H26ClNOS/c1-3-19-16(10-13-6-8-21-9-7-13)12-14-11-15(18)4-5-17(14)20-2/h4-5,11,13,16,19H,3,6-10,12H2,1-2H3. The fourth-order valence-corrected chi connectivity index (χ4v) is 4.48. The highest BCUT2D eigenvalue weighted by molar-refractivity contribution is 7.99. The Morgan fingerprint density at radius 3 is 2.81 bits per heavy atom. The number of methoxy groups -OCH3 is 1. The lowest BCUT2D eigenvalue weighted by Gasteiger charge is -2.27. The lowest BCUT2D eigenvalue weighted by molar-refractivity contribution is 0.359. The highest BCUT2D eigenvalue weighted by Gasteiger charge is 2.20. The third kappa shape index (κ3) is 5.39. The molecule has 2 rings (SSSR count). The van der Waals surface area contributed by atoms with Gasteiger partial charge in [-0.15, -0.1) is 0 Å². The third-order valence-electron chi connectivity index (χ3n) is 4.16. The molecule has 0 amide bonds. The molecular formula is C17H26ClNOS. The van der Waals surface area contributed by atoms with Gasteiger partial charge in [0.2, 0.25) is 0 Å². The van der Waals surface area contributed by atoms with Crippen LogP contribution in [0.5, 0.6) is 5.75 Å². The van der Waals surface area contributed by atoms with Crippen LogP contribution >= 0.6 is 23.4 Å². The molecule has 0 radical (unpaired) electrons. The van der Waals surface area contributed by atoms with E-state index in [9.17, 15) is 0 Å². The van der Waals surface area contributed by atoms with E-state index in [1.165, 1.54) is 36.3 Å². The Morgan fingerprint density at radius 1 is 1.38 bits per heavy atom. The summed E-state index contributed by atoms with van der Waals surface area (Å²) in [5.74, 6) is 4.45. The van der Waals surface area contributed by atoms with E-state index in [0.717, 1.165) is 29.7 Å². The number of rotatable bonds is 7. The van der Waals surface area contributed by atoms with Gasteiger partial charge in [-0.2, -0.15) is 11.8 Å². The monoisotopic (exact) mass is 327 g/mol. The van der Waals surface area contributed by atoms with Crippen LogP contribution in [0.25, 0.3) is 0 Å². The number of nitrogens with one attached hydrogen (secondary N) is 1. The van der Waals surface area contributed by atoms with Crippen molar-refractivity contribution in [3.05, 3.63) is 28.8 Å². The predicted octanol–water partition coefficient (Wildman–Crippen LogP) is 4.40. The molecule has 0 spiro atoms. The van der Waals surface area contributed by atoms with Crippen LogP contribution in [-0.4, -0.2) is 31.2 Å². The van der Waals surface area contributed by atoms with Gasteiger partial charge in [-0.25, -0.2) is 0 Å². The first kappa shape index (κ1) is 17.0. The maximum atomic E-state index is 6.15. The second kappa shape index (κ2) is 8.92. The largest absolute Gasteiger partial charge is 0.496 e. The van der Waals surface area contributed by atoms with Crippen molar-refractivity contribution in [2.24, 2.45) is 5.92 Å². The second-order valence-corrected chi connectivity index (χ2v) is 7.37. The Hall–Kier alpha value is -0.380. The molecule has 21 heavy (non-hydrogen) atoms. The van der Waals surface area contributed by atoms with Crippen molar-refractivity contribution in [1.29, 1.82) is 0 Å². The third-order valence-corrected chi connectivity index (χ3v) is 5.44. The SMILES string of the molecule is CCNC(Cc1cc(Cl)ccc1OC)CC1CCSCC1. The minimum atomic E-state index is 0.510. The molecule has 1 aliphatic heterocycles. The van der Waals surface area contributed by atoms with E-state index in [4.69, 9.17) is 16.3 Å². The molecule has 1 heterocycles. The summed E-state index contributed by atoms with van der Waals surface area (Å²) in [7, 11) is 1.73. The molecule has 1 fully saturated rings. The van der Waals surface area contributed by atoms with Crippen molar-refractivity contribution in [2.45, 2.75) is 38.6 Å². The topological polar surface area (TPSA) is 21.3 Å². The van der Waals surface area contributed by atoms with Crippen LogP contribution in [0.2, 0.25) is 5.02 Å². The summed E-state index contributed by atoms with van der Waals surface area (Å²) in [6, 6.07) is 6.42. The quantitative estimate of drug-likeness (QED) is 0.802. The van der Waals surface area contributed by atoms with E-state index in [1.807, 2.05) is 18.2 Å². The molecule has 2 nitrogen and oxygen atoms in total. The lowest BCUT2D eigenvalue weighted by Crippen LogP contribution is -2.34. The van der Waals surface area contributed by atoms with Gasteiger partial charge in [0.25, 0.3) is 0 Å². The van der Waals surface area contributed by atoms with Crippen molar-refractivity contribution >= 4 is 23.4 Å². The second-order valence-electron chi connectivity index (χ2n) is 5.71. The first-order valence-corrected chi connectivity index (χ1v) is 9.39. The number of benzene rings is 1. The van der Waals surface area contributed by atoms with Gasteiger partial charge in [0.05, 0.1) is 7.11 Å². The Kier molecular flexibility index (Phi) is 7.21. The molecule has 118 valence electrons. The van der Waals surface area contributed by atoms with Gasteiger partial charge in [-0.05, 0) is 73.4 Å². The molecule has 1 saturated heterocycles.